The summed E-state index contributed by atoms with van der Waals surface area (Å²) in [6.45, 7) is 2.39. The first-order valence-corrected chi connectivity index (χ1v) is 9.71. The topological polar surface area (TPSA) is 53.8 Å². The van der Waals surface area contributed by atoms with E-state index in [1.807, 2.05) is 25.3 Å². The molecule has 0 spiro atoms. The van der Waals surface area contributed by atoms with E-state index in [4.69, 9.17) is 16.0 Å². The maximum Gasteiger partial charge on any atom is 0.290 e. The molecule has 0 aliphatic carbocycles. The van der Waals surface area contributed by atoms with Gasteiger partial charge >= 0.3 is 0 Å². The second-order valence-corrected chi connectivity index (χ2v) is 7.26. The van der Waals surface area contributed by atoms with Crippen molar-refractivity contribution < 1.29 is 14.0 Å². The Morgan fingerprint density at radius 2 is 2.00 bits per heavy atom. The third-order valence-electron chi connectivity index (χ3n) is 4.14. The molecule has 2 aromatic rings. The van der Waals surface area contributed by atoms with Gasteiger partial charge in [0.05, 0.1) is 5.75 Å². The number of anilines is 1. The molecular formula is C18H19ClN2O3S. The predicted octanol–water partition coefficient (Wildman–Crippen LogP) is 3.67. The zero-order valence-electron chi connectivity index (χ0n) is 14.1. The molecule has 1 atom stereocenters. The smallest absolute Gasteiger partial charge is 0.290 e. The molecule has 0 unspecified atom stereocenters. The zero-order valence-corrected chi connectivity index (χ0v) is 15.6. The third kappa shape index (κ3) is 3.85. The van der Waals surface area contributed by atoms with Gasteiger partial charge in [0.25, 0.3) is 5.91 Å². The van der Waals surface area contributed by atoms with Crippen LogP contribution in [0.2, 0.25) is 5.02 Å². The van der Waals surface area contributed by atoms with E-state index in [2.05, 4.69) is 0 Å². The molecule has 25 heavy (non-hydrogen) atoms. The molecule has 1 aromatic carbocycles. The number of hydrogen-bond donors (Lipinski definition) is 0. The monoisotopic (exact) mass is 378 g/mol. The number of rotatable bonds is 4. The first-order chi connectivity index (χ1) is 12.0. The maximum atomic E-state index is 12.7. The molecule has 0 bridgehead atoms. The van der Waals surface area contributed by atoms with Crippen LogP contribution in [0.3, 0.4) is 0 Å². The van der Waals surface area contributed by atoms with Crippen LogP contribution in [0.4, 0.5) is 5.69 Å². The van der Waals surface area contributed by atoms with E-state index in [0.717, 1.165) is 11.4 Å². The minimum Gasteiger partial charge on any atom is -0.455 e. The van der Waals surface area contributed by atoms with Crippen molar-refractivity contribution in [3.05, 3.63) is 52.9 Å². The first-order valence-electron chi connectivity index (χ1n) is 7.94. The molecule has 2 heterocycles. The summed E-state index contributed by atoms with van der Waals surface area (Å²) in [4.78, 5) is 28.5. The molecule has 1 fully saturated rings. The number of hydrogen-bond acceptors (Lipinski definition) is 4. The second kappa shape index (κ2) is 7.54. The molecule has 1 aliphatic heterocycles. The Morgan fingerprint density at radius 3 is 2.68 bits per heavy atom. The predicted molar refractivity (Wildman–Crippen MR) is 100 cm³/mol. The molecule has 0 saturated carbocycles. The molecule has 1 saturated heterocycles. The Kier molecular flexibility index (Phi) is 5.39. The fraction of sp³-hybridized carbons (Fsp3) is 0.333. The maximum absolute atomic E-state index is 12.7. The van der Waals surface area contributed by atoms with Gasteiger partial charge in [-0.15, -0.1) is 0 Å². The van der Waals surface area contributed by atoms with Gasteiger partial charge in [0.15, 0.2) is 5.76 Å². The van der Waals surface area contributed by atoms with E-state index >= 15 is 0 Å². The SMILES string of the molecule is CSCc1ccc(C(=O)N2CC(=O)N(c3ccc(Cl)cc3)C[C@@H]2C)o1. The van der Waals surface area contributed by atoms with Crippen LogP contribution < -0.4 is 4.90 Å². The van der Waals surface area contributed by atoms with Gasteiger partial charge < -0.3 is 14.2 Å². The second-order valence-electron chi connectivity index (χ2n) is 5.96. The lowest BCUT2D eigenvalue weighted by atomic mass is 10.1. The van der Waals surface area contributed by atoms with Crippen LogP contribution in [0.5, 0.6) is 0 Å². The highest BCUT2D eigenvalue weighted by Crippen LogP contribution is 2.24. The van der Waals surface area contributed by atoms with Crippen molar-refractivity contribution in [1.82, 2.24) is 4.90 Å². The van der Waals surface area contributed by atoms with E-state index in [-0.39, 0.29) is 30.2 Å². The molecule has 3 rings (SSSR count). The number of thioether (sulfide) groups is 1. The van der Waals surface area contributed by atoms with Gasteiger partial charge in [0.1, 0.15) is 12.3 Å². The summed E-state index contributed by atoms with van der Waals surface area (Å²) in [7, 11) is 0. The lowest BCUT2D eigenvalue weighted by Gasteiger charge is -2.39. The van der Waals surface area contributed by atoms with Gasteiger partial charge in [0.2, 0.25) is 5.91 Å². The highest BCUT2D eigenvalue weighted by Gasteiger charge is 2.34. The minimum absolute atomic E-state index is 0.0290. The number of carbonyl (C=O) groups is 2. The van der Waals surface area contributed by atoms with Gasteiger partial charge in [-0.05, 0) is 49.6 Å². The van der Waals surface area contributed by atoms with Crippen LogP contribution in [0.25, 0.3) is 0 Å². The molecule has 1 aliphatic rings. The van der Waals surface area contributed by atoms with Gasteiger partial charge in [-0.3, -0.25) is 9.59 Å². The van der Waals surface area contributed by atoms with E-state index in [1.165, 1.54) is 0 Å². The quantitative estimate of drug-likeness (QED) is 0.814. The van der Waals surface area contributed by atoms with Gasteiger partial charge in [-0.2, -0.15) is 11.8 Å². The van der Waals surface area contributed by atoms with Crippen molar-refractivity contribution in [1.29, 1.82) is 0 Å². The number of carbonyl (C=O) groups excluding carboxylic acids is 2. The average molecular weight is 379 g/mol. The summed E-state index contributed by atoms with van der Waals surface area (Å²) >= 11 is 7.53. The standard InChI is InChI=1S/C18H19ClN2O3S/c1-12-9-21(14-5-3-13(19)4-6-14)17(22)10-20(12)18(23)16-8-7-15(24-16)11-25-2/h3-8,12H,9-11H2,1-2H3/t12-/m0/s1. The van der Waals surface area contributed by atoms with E-state index in [0.29, 0.717) is 17.3 Å². The Hall–Kier alpha value is -1.92. The van der Waals surface area contributed by atoms with Gasteiger partial charge in [-0.1, -0.05) is 11.6 Å². The number of furan rings is 1. The average Bonchev–Trinajstić information content (AvgIpc) is 3.06. The zero-order chi connectivity index (χ0) is 18.0. The lowest BCUT2D eigenvalue weighted by Crippen LogP contribution is -2.57. The molecule has 0 N–H and O–H groups in total. The summed E-state index contributed by atoms with van der Waals surface area (Å²) in [6, 6.07) is 10.5. The molecule has 7 heteroatoms. The van der Waals surface area contributed by atoms with Crippen LogP contribution in [-0.4, -0.2) is 42.1 Å². The van der Waals surface area contributed by atoms with Crippen LogP contribution in [0.15, 0.2) is 40.8 Å². The number of benzene rings is 1. The summed E-state index contributed by atoms with van der Waals surface area (Å²) in [5, 5.41) is 0.622. The summed E-state index contributed by atoms with van der Waals surface area (Å²) in [5.41, 5.74) is 0.786. The number of nitrogens with zero attached hydrogens (tertiary/aromatic N) is 2. The molecular weight excluding hydrogens is 360 g/mol. The summed E-state index contributed by atoms with van der Waals surface area (Å²) in [5.74, 6) is 1.39. The van der Waals surface area contributed by atoms with E-state index in [1.54, 1.807) is 45.8 Å². The molecule has 5 nitrogen and oxygen atoms in total. The van der Waals surface area contributed by atoms with E-state index in [9.17, 15) is 9.59 Å². The van der Waals surface area contributed by atoms with E-state index < -0.39 is 0 Å². The largest absolute Gasteiger partial charge is 0.455 e. The van der Waals surface area contributed by atoms with Crippen molar-refractivity contribution in [2.45, 2.75) is 18.7 Å². The Bertz CT molecular complexity index is 775. The van der Waals surface area contributed by atoms with Gasteiger partial charge in [-0.25, -0.2) is 0 Å². The first kappa shape index (κ1) is 17.9. The van der Waals surface area contributed by atoms with Crippen molar-refractivity contribution >= 4 is 40.9 Å². The van der Waals surface area contributed by atoms with Crippen LogP contribution >= 0.6 is 23.4 Å². The molecule has 2 amide bonds. The summed E-state index contributed by atoms with van der Waals surface area (Å²) in [6.07, 6.45) is 1.97. The normalized spacial score (nSPS) is 17.9. The highest BCUT2D eigenvalue weighted by molar-refractivity contribution is 7.97. The molecule has 132 valence electrons. The third-order valence-corrected chi connectivity index (χ3v) is 4.97. The van der Waals surface area contributed by atoms with Crippen LogP contribution in [-0.2, 0) is 10.5 Å². The van der Waals surface area contributed by atoms with Crippen molar-refractivity contribution in [3.8, 4) is 0 Å². The number of amides is 2. The minimum atomic E-state index is -0.246. The Labute approximate surface area is 155 Å². The Balaban J connectivity index is 1.74. The van der Waals surface area contributed by atoms with Crippen LogP contribution in [0, 0.1) is 0 Å². The van der Waals surface area contributed by atoms with Gasteiger partial charge in [0, 0.05) is 23.3 Å². The van der Waals surface area contributed by atoms with Crippen LogP contribution in [0.1, 0.15) is 23.2 Å². The van der Waals surface area contributed by atoms with Crippen molar-refractivity contribution in [2.75, 3.05) is 24.2 Å². The highest BCUT2D eigenvalue weighted by atomic mass is 35.5. The fourth-order valence-corrected chi connectivity index (χ4v) is 3.41. The summed E-state index contributed by atoms with van der Waals surface area (Å²) < 4.78 is 5.60. The fourth-order valence-electron chi connectivity index (χ4n) is 2.85. The lowest BCUT2D eigenvalue weighted by molar-refractivity contribution is -0.121. The Morgan fingerprint density at radius 1 is 1.28 bits per heavy atom. The van der Waals surface area contributed by atoms with Crippen molar-refractivity contribution in [3.63, 3.8) is 0 Å². The number of halogens is 1. The van der Waals surface area contributed by atoms with Crippen molar-refractivity contribution in [2.24, 2.45) is 0 Å². The molecule has 1 aromatic heterocycles. The number of piperazine rings is 1. The molecule has 0 radical (unpaired) electrons.